The predicted molar refractivity (Wildman–Crippen MR) is 102 cm³/mol. The molecule has 6 heteroatoms. The van der Waals surface area contributed by atoms with Crippen molar-refractivity contribution in [2.24, 2.45) is 5.41 Å². The summed E-state index contributed by atoms with van der Waals surface area (Å²) < 4.78 is 4.77. The normalized spacial score (nSPS) is 11.3. The number of methoxy groups -OCH3 is 1. The van der Waals surface area contributed by atoms with Gasteiger partial charge in [-0.1, -0.05) is 19.9 Å². The highest BCUT2D eigenvalue weighted by Gasteiger charge is 2.24. The smallest absolute Gasteiger partial charge is 0.306 e. The van der Waals surface area contributed by atoms with Crippen LogP contribution in [0.3, 0.4) is 0 Å². The lowest BCUT2D eigenvalue weighted by atomic mass is 9.86. The molecule has 0 saturated heterocycles. The summed E-state index contributed by atoms with van der Waals surface area (Å²) in [7, 11) is 1.43. The van der Waals surface area contributed by atoms with Crippen molar-refractivity contribution < 1.29 is 9.53 Å². The zero-order valence-electron chi connectivity index (χ0n) is 15.2. The van der Waals surface area contributed by atoms with E-state index >= 15 is 0 Å². The van der Waals surface area contributed by atoms with E-state index in [1.807, 2.05) is 18.2 Å². The van der Waals surface area contributed by atoms with Gasteiger partial charge in [-0.15, -0.1) is 11.3 Å². The van der Waals surface area contributed by atoms with Gasteiger partial charge in [0.1, 0.15) is 5.82 Å². The Morgan fingerprint density at radius 2 is 2.16 bits per heavy atom. The van der Waals surface area contributed by atoms with Gasteiger partial charge in [0.05, 0.1) is 24.2 Å². The monoisotopic (exact) mass is 361 g/mol. The Kier molecular flexibility index (Phi) is 7.37. The Hall–Kier alpha value is -1.95. The molecule has 0 amide bonds. The molecule has 25 heavy (non-hydrogen) atoms. The number of esters is 1. The standard InChI is InChI=1S/C19H27N3O2S/c1-19(2,13-18(23)24-3)12-17-22-15(14-25-17)8-4-6-10-20-16-9-5-7-11-21-16/h5,7,9,11,14H,4,6,8,10,12-13H2,1-3H3,(H,20,21). The molecule has 0 aliphatic carbocycles. The Morgan fingerprint density at radius 3 is 2.88 bits per heavy atom. The molecular formula is C19H27N3O2S. The first-order valence-corrected chi connectivity index (χ1v) is 9.51. The highest BCUT2D eigenvalue weighted by Crippen LogP contribution is 2.28. The number of aromatic nitrogens is 2. The van der Waals surface area contributed by atoms with Crippen LogP contribution in [0.25, 0.3) is 0 Å². The van der Waals surface area contributed by atoms with Crippen LogP contribution in [0.15, 0.2) is 29.8 Å². The van der Waals surface area contributed by atoms with Crippen LogP contribution in [0.4, 0.5) is 5.82 Å². The molecule has 136 valence electrons. The molecule has 0 saturated carbocycles. The second-order valence-electron chi connectivity index (χ2n) is 6.93. The molecule has 5 nitrogen and oxygen atoms in total. The Bertz CT molecular complexity index is 656. The van der Waals surface area contributed by atoms with Crippen molar-refractivity contribution in [3.8, 4) is 0 Å². The quantitative estimate of drug-likeness (QED) is 0.510. The van der Waals surface area contributed by atoms with E-state index in [1.165, 1.54) is 7.11 Å². The zero-order valence-corrected chi connectivity index (χ0v) is 16.1. The fraction of sp³-hybridized carbons (Fsp3) is 0.526. The van der Waals surface area contributed by atoms with Crippen molar-refractivity contribution in [3.63, 3.8) is 0 Å². The van der Waals surface area contributed by atoms with Crippen molar-refractivity contribution in [1.29, 1.82) is 0 Å². The Morgan fingerprint density at radius 1 is 1.32 bits per heavy atom. The number of nitrogens with one attached hydrogen (secondary N) is 1. The van der Waals surface area contributed by atoms with Crippen LogP contribution in [0.1, 0.15) is 43.8 Å². The average molecular weight is 362 g/mol. The molecule has 0 aliphatic rings. The van der Waals surface area contributed by atoms with Crippen LogP contribution in [-0.4, -0.2) is 29.6 Å². The van der Waals surface area contributed by atoms with E-state index in [2.05, 4.69) is 29.5 Å². The number of rotatable bonds is 10. The van der Waals surface area contributed by atoms with Gasteiger partial charge in [-0.25, -0.2) is 9.97 Å². The molecule has 0 aromatic carbocycles. The molecule has 0 radical (unpaired) electrons. The summed E-state index contributed by atoms with van der Waals surface area (Å²) in [4.78, 5) is 20.4. The highest BCUT2D eigenvalue weighted by molar-refractivity contribution is 7.09. The minimum Gasteiger partial charge on any atom is -0.469 e. The van der Waals surface area contributed by atoms with E-state index in [4.69, 9.17) is 9.72 Å². The summed E-state index contributed by atoms with van der Waals surface area (Å²) in [5, 5.41) is 6.55. The number of thiazole rings is 1. The maximum Gasteiger partial charge on any atom is 0.306 e. The van der Waals surface area contributed by atoms with Gasteiger partial charge in [0.2, 0.25) is 0 Å². The minimum atomic E-state index is -0.165. The maximum absolute atomic E-state index is 11.5. The molecule has 2 rings (SSSR count). The molecule has 1 N–H and O–H groups in total. The third-order valence-corrected chi connectivity index (χ3v) is 4.81. The van der Waals surface area contributed by atoms with Gasteiger partial charge < -0.3 is 10.1 Å². The van der Waals surface area contributed by atoms with Gasteiger partial charge in [-0.3, -0.25) is 4.79 Å². The first kappa shape index (κ1) is 19.4. The van der Waals surface area contributed by atoms with E-state index in [0.717, 1.165) is 48.7 Å². The molecule has 0 aliphatic heterocycles. The molecule has 0 unspecified atom stereocenters. The van der Waals surface area contributed by atoms with Crippen LogP contribution in [0.2, 0.25) is 0 Å². The van der Waals surface area contributed by atoms with Crippen molar-refractivity contribution >= 4 is 23.1 Å². The lowest BCUT2D eigenvalue weighted by molar-refractivity contribution is -0.142. The largest absolute Gasteiger partial charge is 0.469 e. The molecule has 0 fully saturated rings. The Labute approximate surface area is 153 Å². The molecule has 2 aromatic heterocycles. The lowest BCUT2D eigenvalue weighted by Gasteiger charge is -2.21. The van der Waals surface area contributed by atoms with Gasteiger partial charge >= 0.3 is 5.97 Å². The van der Waals surface area contributed by atoms with Crippen LogP contribution in [0.5, 0.6) is 0 Å². The van der Waals surface area contributed by atoms with Gasteiger partial charge in [-0.2, -0.15) is 0 Å². The molecule has 2 aromatic rings. The average Bonchev–Trinajstić information content (AvgIpc) is 3.01. The first-order valence-electron chi connectivity index (χ1n) is 8.63. The fourth-order valence-electron chi connectivity index (χ4n) is 2.59. The number of ether oxygens (including phenoxy) is 1. The van der Waals surface area contributed by atoms with E-state index in [-0.39, 0.29) is 11.4 Å². The fourth-order valence-corrected chi connectivity index (χ4v) is 3.68. The van der Waals surface area contributed by atoms with E-state index in [1.54, 1.807) is 17.5 Å². The van der Waals surface area contributed by atoms with E-state index in [0.29, 0.717) is 6.42 Å². The van der Waals surface area contributed by atoms with Crippen LogP contribution in [-0.2, 0) is 22.4 Å². The molecule has 0 atom stereocenters. The molecule has 2 heterocycles. The topological polar surface area (TPSA) is 64.1 Å². The van der Waals surface area contributed by atoms with Crippen LogP contribution in [0, 0.1) is 5.41 Å². The number of hydrogen-bond acceptors (Lipinski definition) is 6. The van der Waals surface area contributed by atoms with E-state index in [9.17, 15) is 4.79 Å². The summed E-state index contributed by atoms with van der Waals surface area (Å²) in [5.41, 5.74) is 1.01. The van der Waals surface area contributed by atoms with Crippen LogP contribution >= 0.6 is 11.3 Å². The highest BCUT2D eigenvalue weighted by atomic mass is 32.1. The minimum absolute atomic E-state index is 0.130. The van der Waals surface area contributed by atoms with Gasteiger partial charge in [0, 0.05) is 24.5 Å². The van der Waals surface area contributed by atoms with Crippen molar-refractivity contribution in [3.05, 3.63) is 40.5 Å². The van der Waals surface area contributed by atoms with Crippen molar-refractivity contribution in [1.82, 2.24) is 9.97 Å². The summed E-state index contributed by atoms with van der Waals surface area (Å²) >= 11 is 1.68. The maximum atomic E-state index is 11.5. The SMILES string of the molecule is COC(=O)CC(C)(C)Cc1nc(CCCCNc2ccccn2)cs1. The number of carbonyl (C=O) groups is 1. The number of unbranched alkanes of at least 4 members (excludes halogenated alkanes) is 1. The number of hydrogen-bond donors (Lipinski definition) is 1. The zero-order chi connectivity index (χ0) is 18.1. The van der Waals surface area contributed by atoms with Gasteiger partial charge in [0.25, 0.3) is 0 Å². The van der Waals surface area contributed by atoms with E-state index < -0.39 is 0 Å². The molecule has 0 bridgehead atoms. The van der Waals surface area contributed by atoms with Crippen molar-refractivity contribution in [2.75, 3.05) is 19.0 Å². The second-order valence-corrected chi connectivity index (χ2v) is 7.87. The third-order valence-electron chi connectivity index (χ3n) is 3.91. The number of nitrogens with zero attached hydrogens (tertiary/aromatic N) is 2. The number of aryl methyl sites for hydroxylation is 1. The lowest BCUT2D eigenvalue weighted by Crippen LogP contribution is -2.20. The summed E-state index contributed by atoms with van der Waals surface area (Å²) in [6.07, 6.45) is 6.16. The first-order chi connectivity index (χ1) is 12.0. The van der Waals surface area contributed by atoms with Gasteiger partial charge in [-0.05, 0) is 36.8 Å². The number of anilines is 1. The molecular weight excluding hydrogens is 334 g/mol. The predicted octanol–water partition coefficient (Wildman–Crippen LogP) is 4.10. The number of carbonyl (C=O) groups excluding carboxylic acids is 1. The Balaban J connectivity index is 1.69. The number of pyridine rings is 1. The van der Waals surface area contributed by atoms with Gasteiger partial charge in [0.15, 0.2) is 0 Å². The second kappa shape index (κ2) is 9.51. The summed E-state index contributed by atoms with van der Waals surface area (Å²) in [5.74, 6) is 0.758. The summed E-state index contributed by atoms with van der Waals surface area (Å²) in [6, 6.07) is 5.87. The van der Waals surface area contributed by atoms with Crippen LogP contribution < -0.4 is 5.32 Å². The summed E-state index contributed by atoms with van der Waals surface area (Å²) in [6.45, 7) is 5.07. The molecule has 0 spiro atoms. The third kappa shape index (κ3) is 7.22. The van der Waals surface area contributed by atoms with Crippen molar-refractivity contribution in [2.45, 2.75) is 46.0 Å².